The van der Waals surface area contributed by atoms with E-state index in [0.717, 1.165) is 18.9 Å². The minimum atomic E-state index is 0.315. The number of nitrogens with zero attached hydrogens (tertiary/aromatic N) is 1. The second kappa shape index (κ2) is 4.38. The van der Waals surface area contributed by atoms with Crippen molar-refractivity contribution in [3.63, 3.8) is 0 Å². The molecule has 0 spiro atoms. The van der Waals surface area contributed by atoms with E-state index in [-0.39, 0.29) is 0 Å². The standard InChI is InChI=1S/C10H20N2S/c1-4-9(10(11)13)12-6-7(2)5-8(12)3/h7-9H,4-6H2,1-3H3,(H2,11,13). The highest BCUT2D eigenvalue weighted by molar-refractivity contribution is 7.80. The molecule has 0 aliphatic carbocycles. The van der Waals surface area contributed by atoms with Gasteiger partial charge < -0.3 is 5.73 Å². The maximum atomic E-state index is 5.72. The van der Waals surface area contributed by atoms with Crippen LogP contribution in [0, 0.1) is 5.92 Å². The van der Waals surface area contributed by atoms with Gasteiger partial charge in [-0.1, -0.05) is 26.1 Å². The molecule has 1 fully saturated rings. The molecule has 0 amide bonds. The van der Waals surface area contributed by atoms with Crippen molar-refractivity contribution >= 4 is 17.2 Å². The van der Waals surface area contributed by atoms with Crippen LogP contribution in [-0.2, 0) is 0 Å². The fourth-order valence-electron chi connectivity index (χ4n) is 2.37. The van der Waals surface area contributed by atoms with E-state index in [1.54, 1.807) is 0 Å². The number of likely N-dealkylation sites (tertiary alicyclic amines) is 1. The maximum absolute atomic E-state index is 5.72. The van der Waals surface area contributed by atoms with Gasteiger partial charge in [-0.3, -0.25) is 4.90 Å². The van der Waals surface area contributed by atoms with Crippen molar-refractivity contribution in [2.75, 3.05) is 6.54 Å². The Balaban J connectivity index is 2.64. The first-order chi connectivity index (χ1) is 6.06. The first-order valence-electron chi connectivity index (χ1n) is 5.11. The average Bonchev–Trinajstić information content (AvgIpc) is 2.31. The third kappa shape index (κ3) is 2.41. The summed E-state index contributed by atoms with van der Waals surface area (Å²) in [6.45, 7) is 7.86. The molecular formula is C10H20N2S. The molecular weight excluding hydrogens is 180 g/mol. The molecule has 0 aromatic rings. The average molecular weight is 200 g/mol. The Bertz CT molecular complexity index is 193. The molecule has 0 aromatic heterocycles. The predicted molar refractivity (Wildman–Crippen MR) is 60.8 cm³/mol. The first-order valence-corrected chi connectivity index (χ1v) is 5.52. The van der Waals surface area contributed by atoms with Crippen LogP contribution in [0.4, 0.5) is 0 Å². The van der Waals surface area contributed by atoms with Gasteiger partial charge >= 0.3 is 0 Å². The zero-order chi connectivity index (χ0) is 10.0. The van der Waals surface area contributed by atoms with Crippen molar-refractivity contribution in [3.05, 3.63) is 0 Å². The van der Waals surface area contributed by atoms with Gasteiger partial charge in [0.15, 0.2) is 0 Å². The Hall–Kier alpha value is -0.150. The fourth-order valence-corrected chi connectivity index (χ4v) is 2.67. The number of thiocarbonyl (C=S) groups is 1. The molecule has 1 aliphatic heterocycles. The molecule has 2 N–H and O–H groups in total. The van der Waals surface area contributed by atoms with Crippen molar-refractivity contribution in [1.82, 2.24) is 4.90 Å². The van der Waals surface area contributed by atoms with Gasteiger partial charge in [0.1, 0.15) is 0 Å². The predicted octanol–water partition coefficient (Wildman–Crippen LogP) is 1.78. The van der Waals surface area contributed by atoms with E-state index in [1.807, 2.05) is 0 Å². The largest absolute Gasteiger partial charge is 0.392 e. The molecule has 3 atom stereocenters. The molecule has 0 aromatic carbocycles. The molecule has 76 valence electrons. The van der Waals surface area contributed by atoms with E-state index < -0.39 is 0 Å². The minimum absolute atomic E-state index is 0.315. The lowest BCUT2D eigenvalue weighted by molar-refractivity contribution is 0.229. The molecule has 2 nitrogen and oxygen atoms in total. The molecule has 3 heteroatoms. The van der Waals surface area contributed by atoms with Crippen LogP contribution in [0.15, 0.2) is 0 Å². The van der Waals surface area contributed by atoms with Crippen molar-refractivity contribution in [3.8, 4) is 0 Å². The van der Waals surface area contributed by atoms with Crippen LogP contribution in [-0.4, -0.2) is 28.5 Å². The lowest BCUT2D eigenvalue weighted by Crippen LogP contribution is -2.45. The maximum Gasteiger partial charge on any atom is 0.0902 e. The summed E-state index contributed by atoms with van der Waals surface area (Å²) in [5, 5.41) is 0. The fraction of sp³-hybridized carbons (Fsp3) is 0.900. The van der Waals surface area contributed by atoms with Gasteiger partial charge in [-0.2, -0.15) is 0 Å². The molecule has 1 saturated heterocycles. The van der Waals surface area contributed by atoms with Crippen molar-refractivity contribution < 1.29 is 0 Å². The van der Waals surface area contributed by atoms with E-state index in [2.05, 4.69) is 25.7 Å². The minimum Gasteiger partial charge on any atom is -0.392 e. The van der Waals surface area contributed by atoms with Crippen molar-refractivity contribution in [1.29, 1.82) is 0 Å². The quantitative estimate of drug-likeness (QED) is 0.704. The Labute approximate surface area is 86.5 Å². The molecule has 3 unspecified atom stereocenters. The Kier molecular flexibility index (Phi) is 3.68. The summed E-state index contributed by atoms with van der Waals surface area (Å²) in [5.74, 6) is 0.790. The lowest BCUT2D eigenvalue weighted by atomic mass is 10.1. The lowest BCUT2D eigenvalue weighted by Gasteiger charge is -2.29. The summed E-state index contributed by atoms with van der Waals surface area (Å²) in [6.07, 6.45) is 2.31. The summed E-state index contributed by atoms with van der Waals surface area (Å²) >= 11 is 5.08. The van der Waals surface area contributed by atoms with Crippen LogP contribution in [0.2, 0.25) is 0 Å². The molecule has 0 bridgehead atoms. The molecule has 13 heavy (non-hydrogen) atoms. The van der Waals surface area contributed by atoms with E-state index in [0.29, 0.717) is 17.1 Å². The molecule has 0 saturated carbocycles. The second-order valence-corrected chi connectivity index (χ2v) is 4.68. The third-order valence-corrected chi connectivity index (χ3v) is 3.22. The topological polar surface area (TPSA) is 29.3 Å². The highest BCUT2D eigenvalue weighted by Crippen LogP contribution is 2.25. The first kappa shape index (κ1) is 10.9. The number of rotatable bonds is 3. The second-order valence-electron chi connectivity index (χ2n) is 4.21. The van der Waals surface area contributed by atoms with Gasteiger partial charge in [-0.05, 0) is 25.7 Å². The number of nitrogens with two attached hydrogens (primary N) is 1. The summed E-state index contributed by atoms with van der Waals surface area (Å²) in [4.78, 5) is 3.11. The highest BCUT2D eigenvalue weighted by Gasteiger charge is 2.31. The van der Waals surface area contributed by atoms with E-state index in [9.17, 15) is 0 Å². The molecule has 0 radical (unpaired) electrons. The summed E-state index contributed by atoms with van der Waals surface area (Å²) in [5.41, 5.74) is 5.72. The van der Waals surface area contributed by atoms with Gasteiger partial charge in [-0.25, -0.2) is 0 Å². The van der Waals surface area contributed by atoms with Gasteiger partial charge in [0.2, 0.25) is 0 Å². The van der Waals surface area contributed by atoms with Crippen LogP contribution < -0.4 is 5.73 Å². The third-order valence-electron chi connectivity index (χ3n) is 2.95. The van der Waals surface area contributed by atoms with Gasteiger partial charge in [0.05, 0.1) is 11.0 Å². The summed E-state index contributed by atoms with van der Waals surface area (Å²) < 4.78 is 0. The van der Waals surface area contributed by atoms with Gasteiger partial charge in [-0.15, -0.1) is 0 Å². The Morgan fingerprint density at radius 3 is 2.54 bits per heavy atom. The van der Waals surface area contributed by atoms with Crippen LogP contribution in [0.3, 0.4) is 0 Å². The number of hydrogen-bond acceptors (Lipinski definition) is 2. The zero-order valence-corrected chi connectivity index (χ0v) is 9.60. The number of hydrogen-bond donors (Lipinski definition) is 1. The zero-order valence-electron chi connectivity index (χ0n) is 8.79. The normalized spacial score (nSPS) is 31.9. The molecule has 1 heterocycles. The Morgan fingerprint density at radius 2 is 2.23 bits per heavy atom. The smallest absolute Gasteiger partial charge is 0.0902 e. The van der Waals surface area contributed by atoms with Crippen LogP contribution in [0.5, 0.6) is 0 Å². The van der Waals surface area contributed by atoms with Gasteiger partial charge in [0.25, 0.3) is 0 Å². The Morgan fingerprint density at radius 1 is 1.62 bits per heavy atom. The van der Waals surface area contributed by atoms with Crippen LogP contribution in [0.1, 0.15) is 33.6 Å². The highest BCUT2D eigenvalue weighted by atomic mass is 32.1. The van der Waals surface area contributed by atoms with Crippen molar-refractivity contribution in [2.24, 2.45) is 11.7 Å². The summed E-state index contributed by atoms with van der Waals surface area (Å²) in [7, 11) is 0. The van der Waals surface area contributed by atoms with Gasteiger partial charge in [0, 0.05) is 12.6 Å². The monoisotopic (exact) mass is 200 g/mol. The van der Waals surface area contributed by atoms with Crippen molar-refractivity contribution in [2.45, 2.75) is 45.7 Å². The van der Waals surface area contributed by atoms with E-state index >= 15 is 0 Å². The SMILES string of the molecule is CCC(C(N)=S)N1CC(C)CC1C. The van der Waals surface area contributed by atoms with E-state index in [4.69, 9.17) is 18.0 Å². The van der Waals surface area contributed by atoms with Crippen LogP contribution in [0.25, 0.3) is 0 Å². The summed E-state index contributed by atoms with van der Waals surface area (Å²) in [6, 6.07) is 0.955. The molecule has 1 rings (SSSR count). The van der Waals surface area contributed by atoms with E-state index in [1.165, 1.54) is 6.42 Å². The van der Waals surface area contributed by atoms with Crippen LogP contribution >= 0.6 is 12.2 Å². The molecule has 1 aliphatic rings.